The molecule has 0 atom stereocenters. The summed E-state index contributed by atoms with van der Waals surface area (Å²) < 4.78 is 11.7. The maximum atomic E-state index is 12.5. The molecule has 1 amide bonds. The fourth-order valence-electron chi connectivity index (χ4n) is 3.40. The number of carbonyl (C=O) groups excluding carboxylic acids is 1. The topological polar surface area (TPSA) is 71.3 Å². The Bertz CT molecular complexity index is 1150. The number of benzene rings is 3. The van der Waals surface area contributed by atoms with E-state index in [2.05, 4.69) is 17.4 Å². The number of ether oxygens (including phenoxy) is 2. The second-order valence-corrected chi connectivity index (χ2v) is 7.93. The van der Waals surface area contributed by atoms with Crippen LogP contribution in [-0.2, 0) is 17.8 Å². The first-order chi connectivity index (χ1) is 16.6. The summed E-state index contributed by atoms with van der Waals surface area (Å²) in [5.41, 5.74) is 4.23. The zero-order valence-corrected chi connectivity index (χ0v) is 19.7. The van der Waals surface area contributed by atoms with Gasteiger partial charge in [-0.1, -0.05) is 66.2 Å². The van der Waals surface area contributed by atoms with Gasteiger partial charge >= 0.3 is 0 Å². The minimum Gasteiger partial charge on any atom is -0.490 e. The van der Waals surface area contributed by atoms with Crippen LogP contribution in [0.2, 0.25) is 0 Å². The lowest BCUT2D eigenvalue weighted by molar-refractivity contribution is -0.117. The first-order valence-electron chi connectivity index (χ1n) is 11.5. The molecule has 0 aliphatic heterocycles. The van der Waals surface area contributed by atoms with Crippen LogP contribution in [0.1, 0.15) is 35.6 Å². The number of amides is 1. The fraction of sp³-hybridized carbons (Fsp3) is 0.241. The first kappa shape index (κ1) is 24.6. The van der Waals surface area contributed by atoms with Crippen LogP contribution in [0.15, 0.2) is 78.4 Å². The summed E-state index contributed by atoms with van der Waals surface area (Å²) in [6.45, 7) is 5.34. The third-order valence-corrected chi connectivity index (χ3v) is 5.23. The summed E-state index contributed by atoms with van der Waals surface area (Å²) in [4.78, 5) is 12.5. The molecule has 1 N–H and O–H groups in total. The van der Waals surface area contributed by atoms with Crippen molar-refractivity contribution in [2.45, 2.75) is 33.3 Å². The number of carbonyl (C=O) groups is 1. The summed E-state index contributed by atoms with van der Waals surface area (Å²) in [7, 11) is 0. The van der Waals surface area contributed by atoms with E-state index in [-0.39, 0.29) is 11.5 Å². The lowest BCUT2D eigenvalue weighted by atomic mass is 10.1. The van der Waals surface area contributed by atoms with E-state index >= 15 is 0 Å². The molecule has 0 fully saturated rings. The molecule has 0 aliphatic rings. The molecule has 0 heterocycles. The van der Waals surface area contributed by atoms with Gasteiger partial charge in [0.25, 0.3) is 5.91 Å². The van der Waals surface area contributed by atoms with Crippen molar-refractivity contribution in [2.24, 2.45) is 0 Å². The van der Waals surface area contributed by atoms with Crippen molar-refractivity contribution in [3.8, 4) is 17.6 Å². The second kappa shape index (κ2) is 12.9. The molecule has 3 aromatic rings. The van der Waals surface area contributed by atoms with Crippen molar-refractivity contribution in [3.63, 3.8) is 0 Å². The van der Waals surface area contributed by atoms with Gasteiger partial charge < -0.3 is 14.8 Å². The molecule has 0 radical (unpaired) electrons. The third kappa shape index (κ3) is 7.53. The van der Waals surface area contributed by atoms with Crippen molar-refractivity contribution in [1.29, 1.82) is 5.26 Å². The predicted octanol–water partition coefficient (Wildman–Crippen LogP) is 5.63. The van der Waals surface area contributed by atoms with E-state index in [1.54, 1.807) is 18.2 Å². The number of nitrogens with one attached hydrogen (secondary N) is 1. The van der Waals surface area contributed by atoms with Crippen LogP contribution in [0, 0.1) is 18.3 Å². The first-order valence-corrected chi connectivity index (χ1v) is 11.5. The standard InChI is InChI=1S/C29H30N2O3/c1-3-33-28-19-25(15-16-27(28)34-21-24-13-11-22(2)12-14-24)18-26(20-30)29(32)31-17-7-10-23-8-5-4-6-9-23/h4-6,8-9,11-16,18-19H,3,7,10,17,21H2,1-2H3,(H,31,32)/b26-18-. The smallest absolute Gasteiger partial charge is 0.261 e. The Kier molecular flexibility index (Phi) is 9.30. The molecule has 5 nitrogen and oxygen atoms in total. The SMILES string of the molecule is CCOc1cc(/C=C(/C#N)C(=O)NCCCc2ccccc2)ccc1OCc1ccc(C)cc1. The summed E-state index contributed by atoms with van der Waals surface area (Å²) >= 11 is 0. The van der Waals surface area contributed by atoms with Gasteiger partial charge in [-0.15, -0.1) is 0 Å². The summed E-state index contributed by atoms with van der Waals surface area (Å²) in [5, 5.41) is 12.3. The number of aryl methyl sites for hydroxylation is 2. The monoisotopic (exact) mass is 454 g/mol. The molecule has 3 rings (SSSR count). The molecule has 0 aliphatic carbocycles. The van der Waals surface area contributed by atoms with Crippen LogP contribution in [-0.4, -0.2) is 19.1 Å². The molecule has 3 aromatic carbocycles. The number of rotatable bonds is 11. The van der Waals surface area contributed by atoms with Gasteiger partial charge in [0.05, 0.1) is 6.61 Å². The highest BCUT2D eigenvalue weighted by atomic mass is 16.5. The minimum absolute atomic E-state index is 0.0514. The summed E-state index contributed by atoms with van der Waals surface area (Å²) in [5.74, 6) is 0.806. The van der Waals surface area contributed by atoms with Gasteiger partial charge in [-0.05, 0) is 61.6 Å². The molecule has 0 unspecified atom stereocenters. The Labute approximate surface area is 201 Å². The number of nitrogens with zero attached hydrogens (tertiary/aromatic N) is 1. The molecule has 0 aromatic heterocycles. The van der Waals surface area contributed by atoms with E-state index in [1.807, 2.05) is 68.4 Å². The van der Waals surface area contributed by atoms with Gasteiger partial charge in [0.15, 0.2) is 11.5 Å². The maximum absolute atomic E-state index is 12.5. The Balaban J connectivity index is 1.62. The van der Waals surface area contributed by atoms with Gasteiger partial charge in [0, 0.05) is 6.54 Å². The third-order valence-electron chi connectivity index (χ3n) is 5.23. The minimum atomic E-state index is -0.381. The molecule has 0 bridgehead atoms. The van der Waals surface area contributed by atoms with Crippen LogP contribution in [0.3, 0.4) is 0 Å². The highest BCUT2D eigenvalue weighted by Gasteiger charge is 2.11. The zero-order valence-electron chi connectivity index (χ0n) is 19.7. The van der Waals surface area contributed by atoms with E-state index < -0.39 is 0 Å². The van der Waals surface area contributed by atoms with E-state index in [9.17, 15) is 10.1 Å². The highest BCUT2D eigenvalue weighted by molar-refractivity contribution is 6.01. The van der Waals surface area contributed by atoms with E-state index in [0.717, 1.165) is 18.4 Å². The number of nitriles is 1. The Morgan fingerprint density at radius 3 is 2.44 bits per heavy atom. The molecular weight excluding hydrogens is 424 g/mol. The molecule has 0 spiro atoms. The van der Waals surface area contributed by atoms with E-state index in [1.165, 1.54) is 11.1 Å². The molecule has 34 heavy (non-hydrogen) atoms. The lowest BCUT2D eigenvalue weighted by Crippen LogP contribution is -2.25. The van der Waals surface area contributed by atoms with Crippen LogP contribution in [0.25, 0.3) is 6.08 Å². The van der Waals surface area contributed by atoms with Gasteiger partial charge in [-0.3, -0.25) is 4.79 Å². The second-order valence-electron chi connectivity index (χ2n) is 7.93. The zero-order chi connectivity index (χ0) is 24.2. The largest absolute Gasteiger partial charge is 0.490 e. The molecule has 174 valence electrons. The summed E-state index contributed by atoms with van der Waals surface area (Å²) in [6, 6.07) is 25.7. The molecule has 5 heteroatoms. The van der Waals surface area contributed by atoms with Crippen LogP contribution >= 0.6 is 0 Å². The van der Waals surface area contributed by atoms with Crippen LogP contribution < -0.4 is 14.8 Å². The van der Waals surface area contributed by atoms with Gasteiger partial charge in [0.1, 0.15) is 18.2 Å². The van der Waals surface area contributed by atoms with E-state index in [0.29, 0.717) is 36.8 Å². The van der Waals surface area contributed by atoms with Crippen molar-refractivity contribution in [2.75, 3.05) is 13.2 Å². The normalized spacial score (nSPS) is 10.9. The van der Waals surface area contributed by atoms with Crippen LogP contribution in [0.4, 0.5) is 0 Å². The van der Waals surface area contributed by atoms with Crippen molar-refractivity contribution in [3.05, 3.63) is 101 Å². The molecular formula is C29H30N2O3. The van der Waals surface area contributed by atoms with Gasteiger partial charge in [-0.2, -0.15) is 5.26 Å². The van der Waals surface area contributed by atoms with E-state index in [4.69, 9.17) is 9.47 Å². The highest BCUT2D eigenvalue weighted by Crippen LogP contribution is 2.30. The van der Waals surface area contributed by atoms with Gasteiger partial charge in [0.2, 0.25) is 0 Å². The Hall–Kier alpha value is -4.04. The molecule has 0 saturated heterocycles. The maximum Gasteiger partial charge on any atom is 0.261 e. The van der Waals surface area contributed by atoms with Crippen molar-refractivity contribution >= 4 is 12.0 Å². The number of hydrogen-bond acceptors (Lipinski definition) is 4. The van der Waals surface area contributed by atoms with Crippen LogP contribution in [0.5, 0.6) is 11.5 Å². The van der Waals surface area contributed by atoms with Crippen molar-refractivity contribution < 1.29 is 14.3 Å². The Morgan fingerprint density at radius 2 is 1.74 bits per heavy atom. The fourth-order valence-corrected chi connectivity index (χ4v) is 3.40. The molecule has 0 saturated carbocycles. The Morgan fingerprint density at radius 1 is 0.971 bits per heavy atom. The predicted molar refractivity (Wildman–Crippen MR) is 134 cm³/mol. The quantitative estimate of drug-likeness (QED) is 0.232. The van der Waals surface area contributed by atoms with Gasteiger partial charge in [-0.25, -0.2) is 0 Å². The lowest BCUT2D eigenvalue weighted by Gasteiger charge is -2.13. The van der Waals surface area contributed by atoms with Crippen molar-refractivity contribution in [1.82, 2.24) is 5.32 Å². The average Bonchev–Trinajstić information content (AvgIpc) is 2.86. The number of hydrogen-bond donors (Lipinski definition) is 1. The summed E-state index contributed by atoms with van der Waals surface area (Å²) in [6.07, 6.45) is 3.24. The average molecular weight is 455 g/mol.